The van der Waals surface area contributed by atoms with E-state index >= 15 is 0 Å². The molecule has 0 heterocycles. The average molecular weight is 216 g/mol. The molecular formula is C8H8O3S2. The summed E-state index contributed by atoms with van der Waals surface area (Å²) in [6, 6.07) is 2.84. The van der Waals surface area contributed by atoms with E-state index < -0.39 is 5.97 Å². The van der Waals surface area contributed by atoms with E-state index in [1.54, 1.807) is 0 Å². The maximum absolute atomic E-state index is 10.6. The van der Waals surface area contributed by atoms with E-state index in [1.807, 2.05) is 0 Å². The third-order valence-corrected chi connectivity index (χ3v) is 2.17. The molecule has 1 rings (SSSR count). The van der Waals surface area contributed by atoms with Gasteiger partial charge < -0.3 is 9.84 Å². The number of carbonyl (C=O) groups is 1. The van der Waals surface area contributed by atoms with Crippen LogP contribution < -0.4 is 4.74 Å². The van der Waals surface area contributed by atoms with Crippen molar-refractivity contribution in [1.82, 2.24) is 0 Å². The molecule has 1 aromatic carbocycles. The molecule has 0 saturated carbocycles. The molecule has 70 valence electrons. The van der Waals surface area contributed by atoms with Gasteiger partial charge in [-0.05, 0) is 12.1 Å². The van der Waals surface area contributed by atoms with Gasteiger partial charge in [0.25, 0.3) is 0 Å². The number of benzene rings is 1. The summed E-state index contributed by atoms with van der Waals surface area (Å²) in [6.07, 6.45) is 0. The maximum Gasteiger partial charge on any atom is 0.335 e. The van der Waals surface area contributed by atoms with Crippen LogP contribution in [0.4, 0.5) is 0 Å². The lowest BCUT2D eigenvalue weighted by Crippen LogP contribution is -1.97. The topological polar surface area (TPSA) is 46.5 Å². The van der Waals surface area contributed by atoms with Crippen molar-refractivity contribution in [2.24, 2.45) is 0 Å². The number of aromatic carboxylic acids is 1. The van der Waals surface area contributed by atoms with Crippen molar-refractivity contribution >= 4 is 31.2 Å². The molecule has 0 atom stereocenters. The highest BCUT2D eigenvalue weighted by molar-refractivity contribution is 7.81. The van der Waals surface area contributed by atoms with E-state index in [9.17, 15) is 4.79 Å². The van der Waals surface area contributed by atoms with Gasteiger partial charge in [0.1, 0.15) is 5.75 Å². The Balaban J connectivity index is 3.28. The fourth-order valence-corrected chi connectivity index (χ4v) is 1.72. The molecular weight excluding hydrogens is 208 g/mol. The lowest BCUT2D eigenvalue weighted by atomic mass is 10.2. The molecule has 0 unspecified atom stereocenters. The first kappa shape index (κ1) is 10.3. The fraction of sp³-hybridized carbons (Fsp3) is 0.125. The van der Waals surface area contributed by atoms with Gasteiger partial charge in [0.05, 0.1) is 12.7 Å². The minimum Gasteiger partial charge on any atom is -0.494 e. The van der Waals surface area contributed by atoms with Crippen LogP contribution in [0.1, 0.15) is 10.4 Å². The quantitative estimate of drug-likeness (QED) is 0.662. The van der Waals surface area contributed by atoms with Gasteiger partial charge in [-0.15, -0.1) is 25.3 Å². The second kappa shape index (κ2) is 3.93. The van der Waals surface area contributed by atoms with Gasteiger partial charge in [-0.2, -0.15) is 0 Å². The molecule has 0 spiro atoms. The number of methoxy groups -OCH3 is 1. The van der Waals surface area contributed by atoms with Gasteiger partial charge in [0.2, 0.25) is 0 Å². The Morgan fingerprint density at radius 3 is 2.15 bits per heavy atom. The lowest BCUT2D eigenvalue weighted by Gasteiger charge is -2.07. The van der Waals surface area contributed by atoms with Crippen LogP contribution in [0.3, 0.4) is 0 Å². The van der Waals surface area contributed by atoms with Crippen molar-refractivity contribution in [3.8, 4) is 5.75 Å². The van der Waals surface area contributed by atoms with E-state index in [4.69, 9.17) is 9.84 Å². The van der Waals surface area contributed by atoms with Gasteiger partial charge in [-0.25, -0.2) is 4.79 Å². The summed E-state index contributed by atoms with van der Waals surface area (Å²) in [5, 5.41) is 8.69. The summed E-state index contributed by atoms with van der Waals surface area (Å²) in [5.74, 6) is -0.523. The SMILES string of the molecule is COc1c(S)cc(C(=O)O)cc1S. The van der Waals surface area contributed by atoms with Crippen LogP contribution in [0, 0.1) is 0 Å². The van der Waals surface area contributed by atoms with Gasteiger partial charge in [0, 0.05) is 9.79 Å². The largest absolute Gasteiger partial charge is 0.494 e. The molecule has 0 bridgehead atoms. The van der Waals surface area contributed by atoms with Gasteiger partial charge >= 0.3 is 5.97 Å². The van der Waals surface area contributed by atoms with Gasteiger partial charge in [0.15, 0.2) is 0 Å². The van der Waals surface area contributed by atoms with Crippen molar-refractivity contribution in [2.75, 3.05) is 7.11 Å². The molecule has 0 saturated heterocycles. The molecule has 0 amide bonds. The van der Waals surface area contributed by atoms with Crippen LogP contribution in [0.2, 0.25) is 0 Å². The minimum atomic E-state index is -1.01. The predicted molar refractivity (Wildman–Crippen MR) is 54.5 cm³/mol. The van der Waals surface area contributed by atoms with E-state index in [-0.39, 0.29) is 5.56 Å². The molecule has 1 aromatic rings. The molecule has 0 radical (unpaired) electrons. The van der Waals surface area contributed by atoms with Gasteiger partial charge in [-0.1, -0.05) is 0 Å². The van der Waals surface area contributed by atoms with E-state index in [2.05, 4.69) is 25.3 Å². The summed E-state index contributed by atoms with van der Waals surface area (Å²) in [4.78, 5) is 11.5. The van der Waals surface area contributed by atoms with Gasteiger partial charge in [-0.3, -0.25) is 0 Å². The van der Waals surface area contributed by atoms with Crippen molar-refractivity contribution in [3.63, 3.8) is 0 Å². The molecule has 1 N–H and O–H groups in total. The highest BCUT2D eigenvalue weighted by Crippen LogP contribution is 2.31. The first-order chi connectivity index (χ1) is 6.06. The fourth-order valence-electron chi connectivity index (χ4n) is 0.931. The second-order valence-corrected chi connectivity index (χ2v) is 3.32. The highest BCUT2D eigenvalue weighted by Gasteiger charge is 2.10. The Labute approximate surface area is 86.5 Å². The zero-order valence-corrected chi connectivity index (χ0v) is 8.60. The third kappa shape index (κ3) is 2.10. The maximum atomic E-state index is 10.6. The van der Waals surface area contributed by atoms with E-state index in [0.717, 1.165) is 0 Å². The number of hydrogen-bond donors (Lipinski definition) is 3. The van der Waals surface area contributed by atoms with Crippen LogP contribution in [0.25, 0.3) is 0 Å². The normalized spacial score (nSPS) is 9.77. The summed E-state index contributed by atoms with van der Waals surface area (Å²) >= 11 is 8.15. The molecule has 3 nitrogen and oxygen atoms in total. The Hall–Kier alpha value is -0.810. The average Bonchev–Trinajstić information content (AvgIpc) is 2.03. The number of ether oxygens (including phenoxy) is 1. The van der Waals surface area contributed by atoms with Crippen molar-refractivity contribution in [3.05, 3.63) is 17.7 Å². The Morgan fingerprint density at radius 1 is 1.38 bits per heavy atom. The van der Waals surface area contributed by atoms with E-state index in [1.165, 1.54) is 19.2 Å². The summed E-state index contributed by atoms with van der Waals surface area (Å²) < 4.78 is 4.96. The lowest BCUT2D eigenvalue weighted by molar-refractivity contribution is 0.0696. The number of carboxylic acid groups (broad SMARTS) is 1. The third-order valence-electron chi connectivity index (χ3n) is 1.50. The van der Waals surface area contributed by atoms with E-state index in [0.29, 0.717) is 15.5 Å². The molecule has 5 heteroatoms. The molecule has 0 aliphatic carbocycles. The monoisotopic (exact) mass is 216 g/mol. The zero-order valence-electron chi connectivity index (χ0n) is 6.81. The van der Waals surface area contributed by atoms with Crippen LogP contribution in [0.5, 0.6) is 5.75 Å². The zero-order chi connectivity index (χ0) is 10.0. The summed E-state index contributed by atoms with van der Waals surface area (Å²) in [6.45, 7) is 0. The van der Waals surface area contributed by atoms with Crippen LogP contribution in [-0.2, 0) is 0 Å². The highest BCUT2D eigenvalue weighted by atomic mass is 32.1. The number of rotatable bonds is 2. The summed E-state index contributed by atoms with van der Waals surface area (Å²) in [7, 11) is 1.48. The number of thiol groups is 2. The smallest absolute Gasteiger partial charge is 0.335 e. The van der Waals surface area contributed by atoms with Crippen LogP contribution in [-0.4, -0.2) is 18.2 Å². The molecule has 0 aromatic heterocycles. The number of carboxylic acids is 1. The Kier molecular flexibility index (Phi) is 3.11. The second-order valence-electron chi connectivity index (χ2n) is 2.35. The van der Waals surface area contributed by atoms with Crippen molar-refractivity contribution in [2.45, 2.75) is 9.79 Å². The molecule has 0 fully saturated rings. The number of hydrogen-bond acceptors (Lipinski definition) is 4. The van der Waals surface area contributed by atoms with Crippen molar-refractivity contribution < 1.29 is 14.6 Å². The first-order valence-electron chi connectivity index (χ1n) is 3.39. The van der Waals surface area contributed by atoms with Crippen LogP contribution in [0.15, 0.2) is 21.9 Å². The van der Waals surface area contributed by atoms with Crippen molar-refractivity contribution in [1.29, 1.82) is 0 Å². The Bertz CT molecular complexity index is 326. The first-order valence-corrected chi connectivity index (χ1v) is 4.29. The Morgan fingerprint density at radius 2 is 1.85 bits per heavy atom. The predicted octanol–water partition coefficient (Wildman–Crippen LogP) is 1.97. The molecule has 13 heavy (non-hydrogen) atoms. The molecule has 0 aliphatic rings. The minimum absolute atomic E-state index is 0.149. The van der Waals surface area contributed by atoms with Crippen LogP contribution >= 0.6 is 25.3 Å². The standard InChI is InChI=1S/C8H8O3S2/c1-11-7-5(12)2-4(8(9)10)3-6(7)13/h2-3,12-13H,1H3,(H,9,10). The summed E-state index contributed by atoms with van der Waals surface area (Å²) in [5.41, 5.74) is 0.149. The molecule has 0 aliphatic heterocycles.